The molecule has 0 bridgehead atoms. The van der Waals surface area contributed by atoms with Crippen molar-refractivity contribution in [2.75, 3.05) is 12.3 Å². The highest BCUT2D eigenvalue weighted by Crippen LogP contribution is 2.57. The van der Waals surface area contributed by atoms with Crippen LogP contribution in [-0.4, -0.2) is 72.0 Å². The minimum absolute atomic E-state index is 0.102. The van der Waals surface area contributed by atoms with Crippen LogP contribution in [0.4, 0.5) is 5.82 Å². The number of ether oxygens (including phenoxy) is 1. The number of hydrogen-bond donors (Lipinski definition) is 5. The van der Waals surface area contributed by atoms with E-state index in [-0.39, 0.29) is 17.0 Å². The van der Waals surface area contributed by atoms with E-state index in [0.717, 1.165) is 0 Å². The molecule has 0 unspecified atom stereocenters. The van der Waals surface area contributed by atoms with Gasteiger partial charge in [-0.1, -0.05) is 0 Å². The molecular weight excluding hydrogens is 407 g/mol. The van der Waals surface area contributed by atoms with Gasteiger partial charge in [-0.05, 0) is 0 Å². The van der Waals surface area contributed by atoms with Crippen LogP contribution in [0.3, 0.4) is 0 Å². The molecule has 27 heavy (non-hydrogen) atoms. The molecule has 0 aromatic carbocycles. The number of aromatic nitrogens is 4. The van der Waals surface area contributed by atoms with Gasteiger partial charge in [0.2, 0.25) is 0 Å². The van der Waals surface area contributed by atoms with E-state index >= 15 is 0 Å². The number of anilines is 1. The second-order valence-corrected chi connectivity index (χ2v) is 8.51. The number of nitrogens with zero attached hydrogens (tertiary/aromatic N) is 4. The molecule has 0 spiro atoms. The molecule has 17 heteroatoms. The predicted molar refractivity (Wildman–Crippen MR) is 88.1 cm³/mol. The molecular formula is C10H14BN5O9P2-. The van der Waals surface area contributed by atoms with E-state index in [0.29, 0.717) is 0 Å². The molecule has 3 radical (unpaired) electrons. The Morgan fingerprint density at radius 2 is 1.96 bits per heavy atom. The van der Waals surface area contributed by atoms with Gasteiger partial charge >= 0.3 is 7.82 Å². The van der Waals surface area contributed by atoms with Crippen molar-refractivity contribution in [3.8, 4) is 0 Å². The zero-order chi connectivity index (χ0) is 20.0. The van der Waals surface area contributed by atoms with Gasteiger partial charge in [-0.3, -0.25) is 4.57 Å². The van der Waals surface area contributed by atoms with Gasteiger partial charge in [0, 0.05) is 0 Å². The summed E-state index contributed by atoms with van der Waals surface area (Å²) >= 11 is 0. The number of nitrogens with two attached hydrogens (primary N) is 1. The molecule has 5 atom stereocenters. The van der Waals surface area contributed by atoms with Crippen molar-refractivity contribution in [3.63, 3.8) is 0 Å². The van der Waals surface area contributed by atoms with Crippen molar-refractivity contribution >= 4 is 39.8 Å². The van der Waals surface area contributed by atoms with Crippen molar-refractivity contribution in [3.05, 3.63) is 12.7 Å². The van der Waals surface area contributed by atoms with Crippen LogP contribution in [0.15, 0.2) is 12.7 Å². The first-order valence-corrected chi connectivity index (χ1v) is 10.4. The standard InChI is InChI=1S/C10H14BN5O9P2/c11-26(19,25-27(20,21)22)23-1-4-6(17)7(18)10(24-4)16-3-15-5-8(12)13-2-14-9(5)16/h2-4,6-7,10,17-18H,1H2,(H2,12,13,14)(H2,20,21,22)/q-1/t4-,6-,7-,10-,26-/m1/s1. The Balaban J connectivity index is 1.75. The fourth-order valence-corrected chi connectivity index (χ4v) is 4.23. The molecule has 1 saturated heterocycles. The fraction of sp³-hybridized carbons (Fsp3) is 0.500. The average molecular weight is 421 g/mol. The third-order valence-electron chi connectivity index (χ3n) is 3.64. The Kier molecular flexibility index (Phi) is 5.43. The summed E-state index contributed by atoms with van der Waals surface area (Å²) in [5.74, 6) is 0.102. The summed E-state index contributed by atoms with van der Waals surface area (Å²) in [6, 6.07) is 0. The minimum atomic E-state index is -5.16. The van der Waals surface area contributed by atoms with Gasteiger partial charge in [-0.15, -0.1) is 0 Å². The SMILES string of the molecule is [B-][P@@](=O)(OC[C@H]1O[C@@H](n2cnc3c(N)ncnc32)[C@H](O)[C@@H]1O)OP(=O)(O)O. The van der Waals surface area contributed by atoms with Crippen LogP contribution in [0.25, 0.3) is 11.2 Å². The predicted octanol–water partition coefficient (Wildman–Crippen LogP) is -1.57. The molecule has 2 aromatic rings. The highest BCUT2D eigenvalue weighted by Gasteiger charge is 2.44. The fourth-order valence-electron chi connectivity index (χ4n) is 2.50. The third kappa shape index (κ3) is 4.37. The van der Waals surface area contributed by atoms with Crippen LogP contribution >= 0.6 is 15.3 Å². The molecule has 14 nitrogen and oxygen atoms in total. The molecule has 3 rings (SSSR count). The van der Waals surface area contributed by atoms with Crippen LogP contribution in [-0.2, 0) is 22.7 Å². The van der Waals surface area contributed by atoms with Crippen LogP contribution in [0.2, 0.25) is 0 Å². The summed E-state index contributed by atoms with van der Waals surface area (Å²) < 4.78 is 37.7. The van der Waals surface area contributed by atoms with Crippen molar-refractivity contribution in [2.45, 2.75) is 24.5 Å². The quantitative estimate of drug-likeness (QED) is 0.264. The number of hydrogen-bond acceptors (Lipinski definition) is 11. The monoisotopic (exact) mass is 421 g/mol. The van der Waals surface area contributed by atoms with E-state index in [4.69, 9.17) is 27.8 Å². The lowest BCUT2D eigenvalue weighted by molar-refractivity contribution is -0.0479. The topological polar surface area (TPSA) is 212 Å². The van der Waals surface area contributed by atoms with E-state index in [1.165, 1.54) is 17.2 Å². The van der Waals surface area contributed by atoms with Gasteiger partial charge in [0.15, 0.2) is 17.7 Å². The molecule has 0 aliphatic carbocycles. The first kappa shape index (κ1) is 20.3. The van der Waals surface area contributed by atoms with E-state index in [1.54, 1.807) is 0 Å². The van der Waals surface area contributed by atoms with Crippen LogP contribution in [0.1, 0.15) is 6.23 Å². The summed E-state index contributed by atoms with van der Waals surface area (Å²) in [5, 5.41) is 20.3. The summed E-state index contributed by atoms with van der Waals surface area (Å²) in [7, 11) is -4.74. The lowest BCUT2D eigenvalue weighted by Gasteiger charge is -2.28. The van der Waals surface area contributed by atoms with Crippen molar-refractivity contribution in [2.24, 2.45) is 0 Å². The Morgan fingerprint density at radius 1 is 1.26 bits per heavy atom. The summed E-state index contributed by atoms with van der Waals surface area (Å²) in [6.45, 7) is -0.688. The number of nitrogen functional groups attached to an aromatic ring is 1. The zero-order valence-electron chi connectivity index (χ0n) is 13.3. The van der Waals surface area contributed by atoms with Crippen LogP contribution < -0.4 is 5.73 Å². The Labute approximate surface area is 152 Å². The maximum atomic E-state index is 11.7. The van der Waals surface area contributed by atoms with Gasteiger partial charge in [0.1, 0.15) is 30.2 Å². The van der Waals surface area contributed by atoms with Gasteiger partial charge < -0.3 is 47.1 Å². The Bertz CT molecular complexity index is 937. The Hall–Kier alpha value is -1.41. The number of aliphatic hydroxyl groups is 2. The largest absolute Gasteiger partial charge is 0.474 e. The molecule has 1 fully saturated rings. The third-order valence-corrected chi connectivity index (χ3v) is 5.91. The second-order valence-electron chi connectivity index (χ2n) is 5.54. The van der Waals surface area contributed by atoms with Crippen LogP contribution in [0.5, 0.6) is 0 Å². The maximum Gasteiger partial charge on any atom is 0.474 e. The van der Waals surface area contributed by atoms with E-state index < -0.39 is 46.4 Å². The highest BCUT2D eigenvalue weighted by molar-refractivity contribution is 7.83. The van der Waals surface area contributed by atoms with Crippen molar-refractivity contribution < 1.29 is 42.7 Å². The molecule has 1 aliphatic heterocycles. The van der Waals surface area contributed by atoms with Crippen molar-refractivity contribution in [1.29, 1.82) is 0 Å². The number of phosphoric acid groups is 1. The molecule has 0 saturated carbocycles. The molecule has 1 aliphatic rings. The minimum Gasteiger partial charge on any atom is -0.443 e. The first-order valence-electron chi connectivity index (χ1n) is 7.23. The van der Waals surface area contributed by atoms with Gasteiger partial charge in [0.25, 0.3) is 0 Å². The number of aliphatic hydroxyl groups excluding tert-OH is 2. The smallest absolute Gasteiger partial charge is 0.443 e. The molecule has 3 heterocycles. The highest BCUT2D eigenvalue weighted by atomic mass is 31.3. The lowest BCUT2D eigenvalue weighted by Crippen LogP contribution is -2.33. The molecule has 2 aromatic heterocycles. The van der Waals surface area contributed by atoms with E-state index in [1.807, 2.05) is 0 Å². The number of imidazole rings is 1. The molecule has 6 N–H and O–H groups in total. The average Bonchev–Trinajstić information content (AvgIpc) is 3.07. The van der Waals surface area contributed by atoms with Gasteiger partial charge in [-0.25, -0.2) is 23.8 Å². The van der Waals surface area contributed by atoms with Crippen LogP contribution in [0, 0.1) is 0 Å². The number of fused-ring (bicyclic) bond motifs is 1. The van der Waals surface area contributed by atoms with Crippen molar-refractivity contribution in [1.82, 2.24) is 19.5 Å². The summed E-state index contributed by atoms with van der Waals surface area (Å²) in [6.07, 6.45) is -2.94. The molecule has 147 valence electrons. The zero-order valence-corrected chi connectivity index (χ0v) is 15.1. The normalized spacial score (nSPS) is 28.5. The van der Waals surface area contributed by atoms with E-state index in [9.17, 15) is 19.3 Å². The molecule has 0 amide bonds. The number of rotatable bonds is 6. The maximum absolute atomic E-state index is 11.7. The summed E-state index contributed by atoms with van der Waals surface area (Å²) in [5.41, 5.74) is 6.17. The van der Waals surface area contributed by atoms with Gasteiger partial charge in [-0.2, -0.15) is 0 Å². The van der Waals surface area contributed by atoms with Gasteiger partial charge in [0.05, 0.1) is 20.4 Å². The lowest BCUT2D eigenvalue weighted by atomic mass is 10.1. The van der Waals surface area contributed by atoms with E-state index in [2.05, 4.69) is 23.8 Å². The Morgan fingerprint density at radius 3 is 2.63 bits per heavy atom. The first-order chi connectivity index (χ1) is 12.5. The second kappa shape index (κ2) is 7.20. The summed E-state index contributed by atoms with van der Waals surface area (Å²) in [4.78, 5) is 29.0.